The number of methoxy groups -OCH3 is 1. The summed E-state index contributed by atoms with van der Waals surface area (Å²) >= 11 is 0. The number of likely N-dealkylation sites (tertiary alicyclic amines) is 1. The van der Waals surface area contributed by atoms with Crippen LogP contribution in [0.15, 0.2) is 91.3 Å². The number of aliphatic hydroxyl groups is 1. The third-order valence-electron chi connectivity index (χ3n) is 5.52. The summed E-state index contributed by atoms with van der Waals surface area (Å²) in [4.78, 5) is 31.9. The van der Waals surface area contributed by atoms with E-state index in [9.17, 15) is 14.7 Å². The minimum absolute atomic E-state index is 0.0138. The number of hydrogen-bond acceptors (Lipinski definition) is 6. The molecule has 7 nitrogen and oxygen atoms in total. The Balaban J connectivity index is 1.83. The zero-order valence-corrected chi connectivity index (χ0v) is 18.7. The van der Waals surface area contributed by atoms with Gasteiger partial charge in [-0.1, -0.05) is 30.9 Å². The van der Waals surface area contributed by atoms with Crippen molar-refractivity contribution in [3.05, 3.63) is 108 Å². The number of aliphatic hydroxyl groups excluding tert-OH is 1. The van der Waals surface area contributed by atoms with Gasteiger partial charge in [-0.25, -0.2) is 0 Å². The van der Waals surface area contributed by atoms with Crippen LogP contribution in [0.1, 0.15) is 22.7 Å². The summed E-state index contributed by atoms with van der Waals surface area (Å²) in [7, 11) is 1.54. The Labute approximate surface area is 197 Å². The molecule has 1 aliphatic rings. The van der Waals surface area contributed by atoms with Crippen LogP contribution >= 0.6 is 0 Å². The highest BCUT2D eigenvalue weighted by atomic mass is 16.5. The van der Waals surface area contributed by atoms with E-state index in [0.29, 0.717) is 29.2 Å². The van der Waals surface area contributed by atoms with Crippen molar-refractivity contribution in [1.29, 1.82) is 0 Å². The minimum atomic E-state index is -0.811. The summed E-state index contributed by atoms with van der Waals surface area (Å²) in [5.74, 6) is -0.524. The highest BCUT2D eigenvalue weighted by Crippen LogP contribution is 2.41. The highest BCUT2D eigenvalue weighted by molar-refractivity contribution is 6.46. The first-order valence-corrected chi connectivity index (χ1v) is 10.7. The lowest BCUT2D eigenvalue weighted by Crippen LogP contribution is -2.29. The van der Waals surface area contributed by atoms with Crippen molar-refractivity contribution in [2.75, 3.05) is 13.7 Å². The Morgan fingerprint density at radius 1 is 1.12 bits per heavy atom. The van der Waals surface area contributed by atoms with E-state index in [4.69, 9.17) is 9.47 Å². The number of ketones is 1. The van der Waals surface area contributed by atoms with Crippen molar-refractivity contribution in [2.45, 2.75) is 12.6 Å². The van der Waals surface area contributed by atoms with E-state index >= 15 is 0 Å². The predicted molar refractivity (Wildman–Crippen MR) is 127 cm³/mol. The van der Waals surface area contributed by atoms with Crippen molar-refractivity contribution in [2.24, 2.45) is 0 Å². The fourth-order valence-corrected chi connectivity index (χ4v) is 3.91. The van der Waals surface area contributed by atoms with Gasteiger partial charge in [0.05, 0.1) is 18.7 Å². The van der Waals surface area contributed by atoms with Crippen LogP contribution in [-0.4, -0.2) is 40.4 Å². The van der Waals surface area contributed by atoms with E-state index in [1.807, 2.05) is 6.07 Å². The van der Waals surface area contributed by atoms with Gasteiger partial charge in [0, 0.05) is 24.5 Å². The second kappa shape index (κ2) is 10.0. The monoisotopic (exact) mass is 456 g/mol. The molecule has 7 heteroatoms. The smallest absolute Gasteiger partial charge is 0.295 e. The number of carbonyl (C=O) groups excluding carboxylic acids is 2. The second-order valence-corrected chi connectivity index (χ2v) is 7.69. The van der Waals surface area contributed by atoms with Gasteiger partial charge in [0.25, 0.3) is 11.7 Å². The highest BCUT2D eigenvalue weighted by Gasteiger charge is 2.46. The van der Waals surface area contributed by atoms with Crippen molar-refractivity contribution < 1.29 is 24.2 Å². The van der Waals surface area contributed by atoms with Crippen molar-refractivity contribution in [3.63, 3.8) is 0 Å². The Morgan fingerprint density at radius 2 is 1.91 bits per heavy atom. The van der Waals surface area contributed by atoms with E-state index in [2.05, 4.69) is 11.6 Å². The van der Waals surface area contributed by atoms with Crippen LogP contribution in [0.3, 0.4) is 0 Å². The lowest BCUT2D eigenvalue weighted by Gasteiger charge is -2.25. The molecular weight excluding hydrogens is 432 g/mol. The minimum Gasteiger partial charge on any atom is -0.507 e. The quantitative estimate of drug-likeness (QED) is 0.236. The maximum absolute atomic E-state index is 13.2. The molecular formula is C27H24N2O5. The van der Waals surface area contributed by atoms with Gasteiger partial charge in [-0.05, 0) is 53.6 Å². The molecule has 4 rings (SSSR count). The number of aromatic nitrogens is 1. The van der Waals surface area contributed by atoms with Crippen LogP contribution < -0.4 is 9.47 Å². The van der Waals surface area contributed by atoms with Crippen molar-refractivity contribution in [1.82, 2.24) is 9.88 Å². The molecule has 1 atom stereocenters. The summed E-state index contributed by atoms with van der Waals surface area (Å²) in [6, 6.07) is 16.6. The van der Waals surface area contributed by atoms with Crippen molar-refractivity contribution >= 4 is 17.4 Å². The maximum Gasteiger partial charge on any atom is 0.295 e. The molecule has 1 aliphatic heterocycles. The summed E-state index contributed by atoms with van der Waals surface area (Å²) in [5.41, 5.74) is 1.82. The Hall–Kier alpha value is -4.39. The molecule has 0 spiro atoms. The fourth-order valence-electron chi connectivity index (χ4n) is 3.91. The first-order valence-electron chi connectivity index (χ1n) is 10.7. The molecule has 172 valence electrons. The number of carbonyl (C=O) groups is 2. The molecule has 2 heterocycles. The molecule has 34 heavy (non-hydrogen) atoms. The average Bonchev–Trinajstić information content (AvgIpc) is 3.13. The number of ether oxygens (including phenoxy) is 2. The Kier molecular flexibility index (Phi) is 6.73. The van der Waals surface area contributed by atoms with E-state index < -0.39 is 17.7 Å². The zero-order chi connectivity index (χ0) is 24.1. The molecule has 0 unspecified atom stereocenters. The van der Waals surface area contributed by atoms with Gasteiger partial charge < -0.3 is 19.5 Å². The lowest BCUT2D eigenvalue weighted by atomic mass is 9.95. The molecule has 0 bridgehead atoms. The number of nitrogens with zero attached hydrogens (tertiary/aromatic N) is 2. The van der Waals surface area contributed by atoms with Gasteiger partial charge in [-0.15, -0.1) is 0 Å². The summed E-state index contributed by atoms with van der Waals surface area (Å²) in [6.07, 6.45) is 4.91. The zero-order valence-electron chi connectivity index (χ0n) is 18.7. The van der Waals surface area contributed by atoms with Gasteiger partial charge in [0.2, 0.25) is 0 Å². The van der Waals surface area contributed by atoms with Crippen LogP contribution in [0.4, 0.5) is 0 Å². The molecule has 1 saturated heterocycles. The molecule has 2 aromatic carbocycles. The van der Waals surface area contributed by atoms with E-state index in [0.717, 1.165) is 5.56 Å². The van der Waals surface area contributed by atoms with Crippen LogP contribution in [-0.2, 0) is 16.1 Å². The summed E-state index contributed by atoms with van der Waals surface area (Å²) in [5, 5.41) is 11.2. The third kappa shape index (κ3) is 4.54. The van der Waals surface area contributed by atoms with Crippen LogP contribution in [0.5, 0.6) is 11.5 Å². The van der Waals surface area contributed by atoms with Gasteiger partial charge in [0.1, 0.15) is 23.9 Å². The largest absolute Gasteiger partial charge is 0.507 e. The first-order chi connectivity index (χ1) is 16.5. The summed E-state index contributed by atoms with van der Waals surface area (Å²) < 4.78 is 10.8. The average molecular weight is 456 g/mol. The molecule has 1 aromatic heterocycles. The maximum atomic E-state index is 13.2. The normalized spacial score (nSPS) is 17.0. The predicted octanol–water partition coefficient (Wildman–Crippen LogP) is 4.28. The van der Waals surface area contributed by atoms with Gasteiger partial charge >= 0.3 is 0 Å². The number of pyridine rings is 1. The molecule has 0 aliphatic carbocycles. The van der Waals surface area contributed by atoms with Crippen LogP contribution in [0.2, 0.25) is 0 Å². The number of Topliss-reactive ketones (excluding diaryl/α,β-unsaturated/α-hetero) is 1. The van der Waals surface area contributed by atoms with Crippen molar-refractivity contribution in [3.8, 4) is 11.5 Å². The van der Waals surface area contributed by atoms with Crippen LogP contribution in [0.25, 0.3) is 5.76 Å². The van der Waals surface area contributed by atoms with Crippen LogP contribution in [0, 0.1) is 0 Å². The molecule has 1 amide bonds. The first kappa shape index (κ1) is 22.8. The van der Waals surface area contributed by atoms with E-state index in [-0.39, 0.29) is 17.9 Å². The Morgan fingerprint density at radius 3 is 2.59 bits per heavy atom. The third-order valence-corrected chi connectivity index (χ3v) is 5.52. The van der Waals surface area contributed by atoms with Gasteiger partial charge in [-0.2, -0.15) is 0 Å². The molecule has 0 radical (unpaired) electrons. The standard InChI is InChI=1S/C27H24N2O5/c1-3-14-34-22-8-4-7-20(15-22)24-23(25(30)19-9-11-21(33-2)12-10-19)26(31)27(32)29(24)17-18-6-5-13-28-16-18/h3-13,15-16,24,30H,1,14,17H2,2H3/b25-23+/t24-/m0/s1. The topological polar surface area (TPSA) is 89.0 Å². The summed E-state index contributed by atoms with van der Waals surface area (Å²) in [6.45, 7) is 4.12. The molecule has 3 aromatic rings. The molecule has 0 saturated carbocycles. The number of hydrogen-bond donors (Lipinski definition) is 1. The lowest BCUT2D eigenvalue weighted by molar-refractivity contribution is -0.140. The number of benzene rings is 2. The second-order valence-electron chi connectivity index (χ2n) is 7.69. The fraction of sp³-hybridized carbons (Fsp3) is 0.148. The van der Waals surface area contributed by atoms with Gasteiger partial charge in [0.15, 0.2) is 0 Å². The van der Waals surface area contributed by atoms with E-state index in [1.54, 1.807) is 80.2 Å². The van der Waals surface area contributed by atoms with Gasteiger partial charge in [-0.3, -0.25) is 14.6 Å². The molecule has 1 fully saturated rings. The van der Waals surface area contributed by atoms with E-state index in [1.165, 1.54) is 4.90 Å². The number of rotatable bonds is 8. The molecule has 1 N–H and O–H groups in total. The SMILES string of the molecule is C=CCOc1cccc([C@H]2/C(=C(\O)c3ccc(OC)cc3)C(=O)C(=O)N2Cc2cccnc2)c1. The Bertz CT molecular complexity index is 1240. The number of amides is 1.